The molecule has 0 aromatic carbocycles. The van der Waals surface area contributed by atoms with Crippen LogP contribution in [0.5, 0.6) is 0 Å². The number of ether oxygens (including phenoxy) is 3. The van der Waals surface area contributed by atoms with Gasteiger partial charge in [0.25, 0.3) is 0 Å². The molecule has 0 amide bonds. The van der Waals surface area contributed by atoms with Crippen LogP contribution >= 0.6 is 0 Å². The van der Waals surface area contributed by atoms with Crippen LogP contribution in [0.1, 0.15) is 20.3 Å². The van der Waals surface area contributed by atoms with Crippen LogP contribution in [-0.2, 0) is 14.2 Å². The zero-order chi connectivity index (χ0) is 9.03. The van der Waals surface area contributed by atoms with Crippen molar-refractivity contribution in [3.05, 3.63) is 0 Å². The van der Waals surface area contributed by atoms with E-state index in [0.717, 1.165) is 19.6 Å². The quantitative estimate of drug-likeness (QED) is 0.647. The van der Waals surface area contributed by atoms with Crippen LogP contribution in [0.15, 0.2) is 0 Å². The van der Waals surface area contributed by atoms with Crippen LogP contribution in [0.4, 0.5) is 0 Å². The summed E-state index contributed by atoms with van der Waals surface area (Å²) in [6.07, 6.45) is 0.915. The molecule has 3 nitrogen and oxygen atoms in total. The van der Waals surface area contributed by atoms with Crippen molar-refractivity contribution in [1.29, 1.82) is 0 Å². The minimum Gasteiger partial charge on any atom is -0.384 e. The van der Waals surface area contributed by atoms with Crippen LogP contribution in [0.3, 0.4) is 0 Å². The molecular weight excluding hydrogens is 156 g/mol. The third-order valence-corrected chi connectivity index (χ3v) is 2.06. The van der Waals surface area contributed by atoms with Gasteiger partial charge in [0.15, 0.2) is 6.29 Å². The lowest BCUT2D eigenvalue weighted by Crippen LogP contribution is -2.42. The Morgan fingerprint density at radius 2 is 2.00 bits per heavy atom. The molecule has 0 unspecified atom stereocenters. The molecule has 3 heteroatoms. The van der Waals surface area contributed by atoms with Gasteiger partial charge in [0.1, 0.15) is 0 Å². The molecule has 1 rings (SSSR count). The molecule has 0 aromatic heterocycles. The highest BCUT2D eigenvalue weighted by atomic mass is 16.7. The molecule has 72 valence electrons. The smallest absolute Gasteiger partial charge is 0.157 e. The minimum absolute atomic E-state index is 0.00469. The van der Waals surface area contributed by atoms with Crippen LogP contribution in [-0.4, -0.2) is 33.2 Å². The van der Waals surface area contributed by atoms with Crippen molar-refractivity contribution in [1.82, 2.24) is 0 Å². The van der Waals surface area contributed by atoms with E-state index in [1.54, 1.807) is 7.11 Å². The zero-order valence-corrected chi connectivity index (χ0v) is 8.13. The van der Waals surface area contributed by atoms with Crippen molar-refractivity contribution in [2.45, 2.75) is 26.6 Å². The summed E-state index contributed by atoms with van der Waals surface area (Å²) in [5.74, 6) is 0. The highest BCUT2D eigenvalue weighted by molar-refractivity contribution is 4.76. The predicted molar refractivity (Wildman–Crippen MR) is 46.0 cm³/mol. The summed E-state index contributed by atoms with van der Waals surface area (Å²) >= 11 is 0. The molecule has 1 aliphatic heterocycles. The number of methoxy groups -OCH3 is 1. The summed E-state index contributed by atoms with van der Waals surface area (Å²) in [5, 5.41) is 0. The van der Waals surface area contributed by atoms with Crippen molar-refractivity contribution in [2.75, 3.05) is 26.9 Å². The van der Waals surface area contributed by atoms with E-state index >= 15 is 0 Å². The molecule has 0 aromatic rings. The second-order valence-corrected chi connectivity index (χ2v) is 3.70. The van der Waals surface area contributed by atoms with Crippen molar-refractivity contribution in [3.8, 4) is 0 Å². The summed E-state index contributed by atoms with van der Waals surface area (Å²) in [4.78, 5) is 0. The number of hydrogen-bond donors (Lipinski definition) is 0. The minimum atomic E-state index is -0.00469. The topological polar surface area (TPSA) is 27.7 Å². The Morgan fingerprint density at radius 3 is 2.42 bits per heavy atom. The van der Waals surface area contributed by atoms with E-state index in [1.807, 2.05) is 0 Å². The number of rotatable bonds is 3. The molecule has 0 atom stereocenters. The maximum atomic E-state index is 5.49. The summed E-state index contributed by atoms with van der Waals surface area (Å²) in [6, 6.07) is 0. The lowest BCUT2D eigenvalue weighted by atomic mass is 9.93. The summed E-state index contributed by atoms with van der Waals surface area (Å²) < 4.78 is 16.1. The molecule has 1 heterocycles. The fourth-order valence-corrected chi connectivity index (χ4v) is 1.35. The van der Waals surface area contributed by atoms with Gasteiger partial charge in [-0.3, -0.25) is 0 Å². The van der Waals surface area contributed by atoms with Gasteiger partial charge in [0.05, 0.1) is 19.8 Å². The summed E-state index contributed by atoms with van der Waals surface area (Å²) in [5.41, 5.74) is 0.0421. The van der Waals surface area contributed by atoms with Gasteiger partial charge in [0.2, 0.25) is 0 Å². The Labute approximate surface area is 74.0 Å². The molecule has 1 aliphatic rings. The first-order valence-electron chi connectivity index (χ1n) is 4.42. The third-order valence-electron chi connectivity index (χ3n) is 2.06. The molecule has 0 spiro atoms. The predicted octanol–water partition coefficient (Wildman–Crippen LogP) is 1.42. The molecule has 1 saturated heterocycles. The molecule has 0 saturated carbocycles. The first kappa shape index (κ1) is 9.96. The van der Waals surface area contributed by atoms with Crippen molar-refractivity contribution >= 4 is 0 Å². The van der Waals surface area contributed by atoms with Gasteiger partial charge >= 0.3 is 0 Å². The fraction of sp³-hybridized carbons (Fsp3) is 1.00. The maximum Gasteiger partial charge on any atom is 0.157 e. The van der Waals surface area contributed by atoms with Gasteiger partial charge in [-0.25, -0.2) is 0 Å². The Morgan fingerprint density at radius 1 is 1.42 bits per heavy atom. The Bertz CT molecular complexity index is 128. The monoisotopic (exact) mass is 174 g/mol. The van der Waals surface area contributed by atoms with Gasteiger partial charge in [0, 0.05) is 12.5 Å². The molecule has 1 fully saturated rings. The van der Waals surface area contributed by atoms with Crippen LogP contribution in [0, 0.1) is 5.41 Å². The molecule has 12 heavy (non-hydrogen) atoms. The fourth-order valence-electron chi connectivity index (χ4n) is 1.35. The highest BCUT2D eigenvalue weighted by Gasteiger charge is 2.31. The van der Waals surface area contributed by atoms with Crippen molar-refractivity contribution in [3.63, 3.8) is 0 Å². The molecule has 0 radical (unpaired) electrons. The van der Waals surface area contributed by atoms with E-state index < -0.39 is 0 Å². The van der Waals surface area contributed by atoms with Gasteiger partial charge < -0.3 is 14.2 Å². The lowest BCUT2D eigenvalue weighted by Gasteiger charge is -2.36. The zero-order valence-electron chi connectivity index (χ0n) is 8.13. The van der Waals surface area contributed by atoms with E-state index in [4.69, 9.17) is 14.2 Å². The Balaban J connectivity index is 2.33. The standard InChI is InChI=1S/C9H18O3/c1-4-8-11-6-9(2,5-10-3)7-12-8/h8H,4-7H2,1-3H3. The summed E-state index contributed by atoms with van der Waals surface area (Å²) in [7, 11) is 1.71. The number of hydrogen-bond acceptors (Lipinski definition) is 3. The maximum absolute atomic E-state index is 5.49. The van der Waals surface area contributed by atoms with Crippen molar-refractivity contribution < 1.29 is 14.2 Å². The SMILES string of the molecule is CCC1OCC(C)(COC)CO1. The molecular formula is C9H18O3. The second kappa shape index (κ2) is 4.21. The molecule has 0 bridgehead atoms. The lowest BCUT2D eigenvalue weighted by molar-refractivity contribution is -0.234. The van der Waals surface area contributed by atoms with Gasteiger partial charge in [-0.1, -0.05) is 13.8 Å². The average molecular weight is 174 g/mol. The van der Waals surface area contributed by atoms with Gasteiger partial charge in [-0.15, -0.1) is 0 Å². The van der Waals surface area contributed by atoms with Crippen LogP contribution in [0.2, 0.25) is 0 Å². The van der Waals surface area contributed by atoms with E-state index in [1.165, 1.54) is 0 Å². The first-order valence-corrected chi connectivity index (χ1v) is 4.42. The van der Waals surface area contributed by atoms with Gasteiger partial charge in [-0.2, -0.15) is 0 Å². The van der Waals surface area contributed by atoms with E-state index in [2.05, 4.69) is 13.8 Å². The largest absolute Gasteiger partial charge is 0.384 e. The van der Waals surface area contributed by atoms with Crippen LogP contribution < -0.4 is 0 Å². The Hall–Kier alpha value is -0.120. The highest BCUT2D eigenvalue weighted by Crippen LogP contribution is 2.24. The third kappa shape index (κ3) is 2.44. The Kier molecular flexibility index (Phi) is 3.50. The second-order valence-electron chi connectivity index (χ2n) is 3.70. The molecule has 0 N–H and O–H groups in total. The van der Waals surface area contributed by atoms with E-state index in [0.29, 0.717) is 6.61 Å². The average Bonchev–Trinajstić information content (AvgIpc) is 2.06. The normalized spacial score (nSPS) is 36.8. The summed E-state index contributed by atoms with van der Waals surface area (Å²) in [6.45, 7) is 6.34. The molecule has 0 aliphatic carbocycles. The van der Waals surface area contributed by atoms with Crippen LogP contribution in [0.25, 0.3) is 0 Å². The van der Waals surface area contributed by atoms with E-state index in [9.17, 15) is 0 Å². The first-order chi connectivity index (χ1) is 5.70. The van der Waals surface area contributed by atoms with Gasteiger partial charge in [-0.05, 0) is 6.42 Å². The van der Waals surface area contributed by atoms with Crippen molar-refractivity contribution in [2.24, 2.45) is 5.41 Å². The van der Waals surface area contributed by atoms with E-state index in [-0.39, 0.29) is 11.7 Å².